The molecule has 2 atom stereocenters. The maximum Gasteiger partial charge on any atom is 0.339 e. The third-order valence-electron chi connectivity index (χ3n) is 6.04. The number of pyridine rings is 1. The fourth-order valence-electron chi connectivity index (χ4n) is 3.98. The van der Waals surface area contributed by atoms with E-state index in [1.807, 2.05) is 38.1 Å². The first-order valence-electron chi connectivity index (χ1n) is 10.6. The van der Waals surface area contributed by atoms with E-state index in [0.29, 0.717) is 11.5 Å². The van der Waals surface area contributed by atoms with Gasteiger partial charge in [0.1, 0.15) is 0 Å². The van der Waals surface area contributed by atoms with Crippen LogP contribution in [0.1, 0.15) is 69.1 Å². The first kappa shape index (κ1) is 21.3. The molecule has 0 saturated heterocycles. The predicted molar refractivity (Wildman–Crippen MR) is 115 cm³/mol. The summed E-state index contributed by atoms with van der Waals surface area (Å²) >= 11 is 0. The van der Waals surface area contributed by atoms with Gasteiger partial charge in [-0.05, 0) is 55.6 Å². The normalized spacial score (nSPS) is 17.5. The second kappa shape index (κ2) is 8.52. The molecule has 1 heterocycles. The number of amides is 1. The highest BCUT2D eigenvalue weighted by Crippen LogP contribution is 2.39. The fourth-order valence-corrected chi connectivity index (χ4v) is 3.98. The van der Waals surface area contributed by atoms with Gasteiger partial charge in [-0.1, -0.05) is 45.9 Å². The topological polar surface area (TPSA) is 68.3 Å². The molecule has 5 nitrogen and oxygen atoms in total. The molecule has 3 rings (SSSR count). The van der Waals surface area contributed by atoms with Gasteiger partial charge in [0.15, 0.2) is 6.61 Å². The summed E-state index contributed by atoms with van der Waals surface area (Å²) in [6.45, 7) is 10.4. The molecule has 1 aliphatic carbocycles. The van der Waals surface area contributed by atoms with Gasteiger partial charge in [-0.2, -0.15) is 0 Å². The number of carbonyl (C=O) groups is 2. The Bertz CT molecular complexity index is 914. The second-order valence-electron chi connectivity index (χ2n) is 9.19. The molecular weight excluding hydrogens is 364 g/mol. The minimum atomic E-state index is -0.436. The van der Waals surface area contributed by atoms with E-state index in [0.717, 1.165) is 47.8 Å². The Hall–Kier alpha value is -2.43. The highest BCUT2D eigenvalue weighted by molar-refractivity contribution is 6.05. The lowest BCUT2D eigenvalue weighted by Crippen LogP contribution is -2.35. The van der Waals surface area contributed by atoms with Crippen LogP contribution in [0.15, 0.2) is 24.3 Å². The van der Waals surface area contributed by atoms with Crippen molar-refractivity contribution in [2.45, 2.75) is 66.3 Å². The summed E-state index contributed by atoms with van der Waals surface area (Å²) in [6.07, 6.45) is 3.56. The van der Waals surface area contributed by atoms with Crippen molar-refractivity contribution < 1.29 is 14.3 Å². The molecular formula is C24H32N2O3. The van der Waals surface area contributed by atoms with Crippen LogP contribution in [0.25, 0.3) is 10.9 Å². The number of nitrogens with zero attached hydrogens (tertiary/aromatic N) is 1. The maximum atomic E-state index is 13.1. The summed E-state index contributed by atoms with van der Waals surface area (Å²) in [5.74, 6) is -0.237. The van der Waals surface area contributed by atoms with Gasteiger partial charge < -0.3 is 10.1 Å². The molecule has 1 amide bonds. The molecule has 0 spiro atoms. The number of ether oxygens (including phenoxy) is 1. The van der Waals surface area contributed by atoms with E-state index in [-0.39, 0.29) is 24.0 Å². The minimum absolute atomic E-state index is 0.0586. The number of benzene rings is 1. The zero-order chi connectivity index (χ0) is 21.2. The van der Waals surface area contributed by atoms with E-state index in [9.17, 15) is 9.59 Å². The van der Waals surface area contributed by atoms with Crippen LogP contribution in [0.5, 0.6) is 0 Å². The number of carbonyl (C=O) groups excluding carboxylic acids is 2. The largest absolute Gasteiger partial charge is 0.452 e. The van der Waals surface area contributed by atoms with E-state index < -0.39 is 5.97 Å². The van der Waals surface area contributed by atoms with Crippen molar-refractivity contribution in [2.24, 2.45) is 11.3 Å². The predicted octanol–water partition coefficient (Wildman–Crippen LogP) is 4.46. The SMILES string of the molecule is CC[C@H](C)NC(=O)COC(=O)c1c2c(nc3ccccc13)CC[C@@H](C(C)(C)C)C2. The number of esters is 1. The Morgan fingerprint density at radius 1 is 1.28 bits per heavy atom. The number of rotatable bonds is 5. The Labute approximate surface area is 173 Å². The number of aryl methyl sites for hydroxylation is 1. The number of para-hydroxylation sites is 1. The molecule has 1 N–H and O–H groups in total. The van der Waals surface area contributed by atoms with Gasteiger partial charge in [0.2, 0.25) is 0 Å². The van der Waals surface area contributed by atoms with Crippen LogP contribution in [-0.4, -0.2) is 29.5 Å². The van der Waals surface area contributed by atoms with Crippen molar-refractivity contribution in [1.82, 2.24) is 10.3 Å². The van der Waals surface area contributed by atoms with E-state index >= 15 is 0 Å². The van der Waals surface area contributed by atoms with Gasteiger partial charge in [-0.15, -0.1) is 0 Å². The Balaban J connectivity index is 1.93. The van der Waals surface area contributed by atoms with E-state index in [1.54, 1.807) is 0 Å². The Morgan fingerprint density at radius 2 is 2.00 bits per heavy atom. The fraction of sp³-hybridized carbons (Fsp3) is 0.542. The summed E-state index contributed by atoms with van der Waals surface area (Å²) in [4.78, 5) is 30.0. The van der Waals surface area contributed by atoms with Crippen molar-refractivity contribution in [2.75, 3.05) is 6.61 Å². The third-order valence-corrected chi connectivity index (χ3v) is 6.04. The number of fused-ring (bicyclic) bond motifs is 2. The number of aromatic nitrogens is 1. The van der Waals surface area contributed by atoms with Crippen LogP contribution in [0.2, 0.25) is 0 Å². The zero-order valence-corrected chi connectivity index (χ0v) is 18.2. The van der Waals surface area contributed by atoms with E-state index in [1.165, 1.54) is 0 Å². The summed E-state index contributed by atoms with van der Waals surface area (Å²) < 4.78 is 5.45. The zero-order valence-electron chi connectivity index (χ0n) is 18.2. The summed E-state index contributed by atoms with van der Waals surface area (Å²) in [5.41, 5.74) is 3.51. The molecule has 2 aromatic rings. The lowest BCUT2D eigenvalue weighted by Gasteiger charge is -2.35. The lowest BCUT2D eigenvalue weighted by atomic mass is 9.70. The number of hydrogen-bond acceptors (Lipinski definition) is 4. The van der Waals surface area contributed by atoms with Crippen LogP contribution in [0.3, 0.4) is 0 Å². The van der Waals surface area contributed by atoms with Crippen LogP contribution >= 0.6 is 0 Å². The van der Waals surface area contributed by atoms with Crippen molar-refractivity contribution in [3.63, 3.8) is 0 Å². The molecule has 0 radical (unpaired) electrons. The first-order valence-corrected chi connectivity index (χ1v) is 10.6. The van der Waals surface area contributed by atoms with Crippen molar-refractivity contribution in [1.29, 1.82) is 0 Å². The van der Waals surface area contributed by atoms with Crippen molar-refractivity contribution in [3.05, 3.63) is 41.1 Å². The molecule has 29 heavy (non-hydrogen) atoms. The molecule has 5 heteroatoms. The standard InChI is InChI=1S/C24H32N2O3/c1-6-15(2)25-21(27)14-29-23(28)22-17-9-7-8-10-19(17)26-20-12-11-16(13-18(20)22)24(3,4)5/h7-10,15-16H,6,11-14H2,1-5H3,(H,25,27)/t15-,16+/m0/s1. The average molecular weight is 397 g/mol. The minimum Gasteiger partial charge on any atom is -0.452 e. The smallest absolute Gasteiger partial charge is 0.339 e. The van der Waals surface area contributed by atoms with Gasteiger partial charge in [0.05, 0.1) is 11.1 Å². The Morgan fingerprint density at radius 3 is 2.69 bits per heavy atom. The summed E-state index contributed by atoms with van der Waals surface area (Å²) in [6, 6.07) is 7.74. The van der Waals surface area contributed by atoms with Gasteiger partial charge in [-0.3, -0.25) is 9.78 Å². The van der Waals surface area contributed by atoms with Crippen LogP contribution in [-0.2, 0) is 22.4 Å². The summed E-state index contributed by atoms with van der Waals surface area (Å²) in [7, 11) is 0. The molecule has 0 aliphatic heterocycles. The second-order valence-corrected chi connectivity index (χ2v) is 9.19. The maximum absolute atomic E-state index is 13.1. The monoisotopic (exact) mass is 396 g/mol. The Kier molecular flexibility index (Phi) is 6.25. The number of hydrogen-bond donors (Lipinski definition) is 1. The van der Waals surface area contributed by atoms with Crippen molar-refractivity contribution in [3.8, 4) is 0 Å². The van der Waals surface area contributed by atoms with Gasteiger partial charge >= 0.3 is 5.97 Å². The lowest BCUT2D eigenvalue weighted by molar-refractivity contribution is -0.124. The molecule has 0 bridgehead atoms. The highest BCUT2D eigenvalue weighted by Gasteiger charge is 2.33. The van der Waals surface area contributed by atoms with Crippen LogP contribution in [0, 0.1) is 11.3 Å². The van der Waals surface area contributed by atoms with Crippen LogP contribution in [0.4, 0.5) is 0 Å². The quantitative estimate of drug-likeness (QED) is 0.758. The van der Waals surface area contributed by atoms with Gasteiger partial charge in [0.25, 0.3) is 5.91 Å². The van der Waals surface area contributed by atoms with Gasteiger partial charge in [-0.25, -0.2) is 4.79 Å². The van der Waals surface area contributed by atoms with E-state index in [4.69, 9.17) is 9.72 Å². The highest BCUT2D eigenvalue weighted by atomic mass is 16.5. The average Bonchev–Trinajstić information content (AvgIpc) is 2.68. The molecule has 156 valence electrons. The molecule has 1 aromatic heterocycles. The molecule has 1 aliphatic rings. The van der Waals surface area contributed by atoms with Gasteiger partial charge in [0, 0.05) is 17.1 Å². The van der Waals surface area contributed by atoms with E-state index in [2.05, 4.69) is 26.1 Å². The molecule has 0 unspecified atom stereocenters. The summed E-state index contributed by atoms with van der Waals surface area (Å²) in [5, 5.41) is 3.63. The number of nitrogens with one attached hydrogen (secondary N) is 1. The first-order chi connectivity index (χ1) is 13.7. The van der Waals surface area contributed by atoms with Crippen LogP contribution < -0.4 is 5.32 Å². The third kappa shape index (κ3) is 4.77. The molecule has 0 saturated carbocycles. The molecule has 1 aromatic carbocycles. The van der Waals surface area contributed by atoms with Crippen molar-refractivity contribution >= 4 is 22.8 Å². The molecule has 0 fully saturated rings.